The number of benzene rings is 1. The van der Waals surface area contributed by atoms with Crippen LogP contribution in [0.2, 0.25) is 0 Å². The first-order valence-electron chi connectivity index (χ1n) is 6.28. The first-order chi connectivity index (χ1) is 8.47. The van der Waals surface area contributed by atoms with Crippen LogP contribution >= 0.6 is 0 Å². The van der Waals surface area contributed by atoms with Gasteiger partial charge >= 0.3 is 6.18 Å². The van der Waals surface area contributed by atoms with E-state index in [0.717, 1.165) is 31.0 Å². The van der Waals surface area contributed by atoms with Gasteiger partial charge in [-0.25, -0.2) is 0 Å². The van der Waals surface area contributed by atoms with E-state index in [1.54, 1.807) is 6.07 Å². The highest BCUT2D eigenvalue weighted by atomic mass is 19.4. The monoisotopic (exact) mass is 259 g/mol. The molecule has 0 radical (unpaired) electrons. The lowest BCUT2D eigenvalue weighted by molar-refractivity contribution is -0.137. The molecule has 1 N–H and O–H groups in total. The van der Waals surface area contributed by atoms with Crippen molar-refractivity contribution in [1.29, 1.82) is 0 Å². The maximum absolute atomic E-state index is 12.6. The number of halogens is 3. The highest BCUT2D eigenvalue weighted by Gasteiger charge is 2.30. The van der Waals surface area contributed by atoms with E-state index in [2.05, 4.69) is 12.2 Å². The lowest BCUT2D eigenvalue weighted by atomic mass is 9.94. The molecule has 0 aromatic heterocycles. The molecule has 4 heteroatoms. The Labute approximate surface area is 106 Å². The Kier molecular flexibility index (Phi) is 5.66. The lowest BCUT2D eigenvalue weighted by Gasteiger charge is -2.16. The second kappa shape index (κ2) is 6.78. The van der Waals surface area contributed by atoms with E-state index in [0.29, 0.717) is 12.3 Å². The molecule has 1 atom stereocenters. The quantitative estimate of drug-likeness (QED) is 0.817. The number of alkyl halides is 3. The van der Waals surface area contributed by atoms with Crippen molar-refractivity contribution in [2.45, 2.75) is 32.4 Å². The summed E-state index contributed by atoms with van der Waals surface area (Å²) >= 11 is 0. The van der Waals surface area contributed by atoms with Crippen LogP contribution in [-0.2, 0) is 12.6 Å². The smallest absolute Gasteiger partial charge is 0.319 e. The minimum atomic E-state index is -4.25. The van der Waals surface area contributed by atoms with Crippen LogP contribution in [-0.4, -0.2) is 13.6 Å². The second-order valence-corrected chi connectivity index (χ2v) is 4.61. The van der Waals surface area contributed by atoms with Gasteiger partial charge in [-0.2, -0.15) is 13.2 Å². The van der Waals surface area contributed by atoms with Gasteiger partial charge in [0.2, 0.25) is 0 Å². The zero-order chi connectivity index (χ0) is 13.6. The van der Waals surface area contributed by atoms with Gasteiger partial charge in [-0.3, -0.25) is 0 Å². The van der Waals surface area contributed by atoms with Crippen molar-refractivity contribution in [2.24, 2.45) is 5.92 Å². The Hall–Kier alpha value is -1.03. The molecule has 0 aliphatic rings. The summed E-state index contributed by atoms with van der Waals surface area (Å²) in [5.41, 5.74) is 0.207. The molecule has 1 nitrogen and oxygen atoms in total. The summed E-state index contributed by atoms with van der Waals surface area (Å²) in [4.78, 5) is 0. The minimum absolute atomic E-state index is 0.392. The topological polar surface area (TPSA) is 12.0 Å². The van der Waals surface area contributed by atoms with E-state index in [1.165, 1.54) is 12.1 Å². The molecule has 0 heterocycles. The fraction of sp³-hybridized carbons (Fsp3) is 0.571. The van der Waals surface area contributed by atoms with Crippen molar-refractivity contribution in [2.75, 3.05) is 13.6 Å². The van der Waals surface area contributed by atoms with Gasteiger partial charge in [-0.1, -0.05) is 31.5 Å². The summed E-state index contributed by atoms with van der Waals surface area (Å²) in [6.07, 6.45) is -1.49. The molecule has 0 bridgehead atoms. The fourth-order valence-corrected chi connectivity index (χ4v) is 2.18. The zero-order valence-electron chi connectivity index (χ0n) is 10.8. The van der Waals surface area contributed by atoms with Crippen LogP contribution < -0.4 is 5.32 Å². The van der Waals surface area contributed by atoms with E-state index < -0.39 is 11.7 Å². The fourth-order valence-electron chi connectivity index (χ4n) is 2.18. The summed E-state index contributed by atoms with van der Waals surface area (Å²) in [6, 6.07) is 5.64. The molecule has 0 saturated carbocycles. The molecular formula is C14H20F3N. The predicted molar refractivity (Wildman–Crippen MR) is 67.5 cm³/mol. The van der Waals surface area contributed by atoms with Crippen LogP contribution in [0.15, 0.2) is 24.3 Å². The van der Waals surface area contributed by atoms with Crippen LogP contribution in [0.25, 0.3) is 0 Å². The third kappa shape index (κ3) is 4.69. The molecule has 0 fully saturated rings. The summed E-state index contributed by atoms with van der Waals surface area (Å²) in [7, 11) is 1.87. The van der Waals surface area contributed by atoms with Gasteiger partial charge in [0.1, 0.15) is 0 Å². The Morgan fingerprint density at radius 3 is 2.56 bits per heavy atom. The van der Waals surface area contributed by atoms with Crippen LogP contribution in [0, 0.1) is 5.92 Å². The minimum Gasteiger partial charge on any atom is -0.319 e. The van der Waals surface area contributed by atoms with Crippen molar-refractivity contribution in [3.05, 3.63) is 35.4 Å². The summed E-state index contributed by atoms with van der Waals surface area (Å²) < 4.78 is 37.8. The van der Waals surface area contributed by atoms with Crippen molar-refractivity contribution >= 4 is 0 Å². The summed E-state index contributed by atoms with van der Waals surface area (Å²) in [6.45, 7) is 2.93. The molecule has 0 spiro atoms. The standard InChI is InChI=1S/C14H20F3N/c1-3-5-12(10-18-2)8-11-6-4-7-13(9-11)14(15,16)17/h4,6-7,9,12,18H,3,5,8,10H2,1-2H3. The lowest BCUT2D eigenvalue weighted by Crippen LogP contribution is -2.20. The van der Waals surface area contributed by atoms with Gasteiger partial charge in [0, 0.05) is 0 Å². The van der Waals surface area contributed by atoms with Gasteiger partial charge in [-0.15, -0.1) is 0 Å². The van der Waals surface area contributed by atoms with Gasteiger partial charge in [0.15, 0.2) is 0 Å². The Morgan fingerprint density at radius 2 is 2.00 bits per heavy atom. The molecule has 0 aliphatic carbocycles. The number of nitrogens with one attached hydrogen (secondary N) is 1. The predicted octanol–water partition coefficient (Wildman–Crippen LogP) is 3.88. The third-order valence-electron chi connectivity index (χ3n) is 2.97. The normalized spacial score (nSPS) is 13.6. The van der Waals surface area contributed by atoms with E-state index in [4.69, 9.17) is 0 Å². The van der Waals surface area contributed by atoms with Crippen molar-refractivity contribution < 1.29 is 13.2 Å². The maximum atomic E-state index is 12.6. The third-order valence-corrected chi connectivity index (χ3v) is 2.97. The molecule has 0 saturated heterocycles. The highest BCUT2D eigenvalue weighted by Crippen LogP contribution is 2.30. The molecule has 1 aromatic carbocycles. The molecule has 0 amide bonds. The molecule has 1 aromatic rings. The van der Waals surface area contributed by atoms with Crippen LogP contribution in [0.5, 0.6) is 0 Å². The molecule has 102 valence electrons. The Balaban J connectivity index is 2.77. The first-order valence-corrected chi connectivity index (χ1v) is 6.28. The van der Waals surface area contributed by atoms with Gasteiger partial charge in [0.05, 0.1) is 5.56 Å². The highest BCUT2D eigenvalue weighted by molar-refractivity contribution is 5.26. The van der Waals surface area contributed by atoms with Crippen molar-refractivity contribution in [3.63, 3.8) is 0 Å². The largest absolute Gasteiger partial charge is 0.416 e. The summed E-state index contributed by atoms with van der Waals surface area (Å²) in [5, 5.41) is 3.10. The summed E-state index contributed by atoms with van der Waals surface area (Å²) in [5.74, 6) is 0.392. The van der Waals surface area contributed by atoms with Gasteiger partial charge in [-0.05, 0) is 44.0 Å². The van der Waals surface area contributed by atoms with E-state index in [9.17, 15) is 13.2 Å². The van der Waals surface area contributed by atoms with Gasteiger partial charge < -0.3 is 5.32 Å². The molecule has 0 aliphatic heterocycles. The number of hydrogen-bond donors (Lipinski definition) is 1. The SMILES string of the molecule is CCCC(CNC)Cc1cccc(C(F)(F)F)c1. The second-order valence-electron chi connectivity index (χ2n) is 4.61. The maximum Gasteiger partial charge on any atom is 0.416 e. The van der Waals surface area contributed by atoms with Crippen molar-refractivity contribution in [3.8, 4) is 0 Å². The van der Waals surface area contributed by atoms with Crippen LogP contribution in [0.4, 0.5) is 13.2 Å². The number of rotatable bonds is 6. The number of hydrogen-bond acceptors (Lipinski definition) is 1. The average molecular weight is 259 g/mol. The molecule has 18 heavy (non-hydrogen) atoms. The first kappa shape index (κ1) is 15.0. The molecule has 1 rings (SSSR count). The Morgan fingerprint density at radius 1 is 1.28 bits per heavy atom. The van der Waals surface area contributed by atoms with E-state index in [-0.39, 0.29) is 0 Å². The van der Waals surface area contributed by atoms with Crippen LogP contribution in [0.1, 0.15) is 30.9 Å². The van der Waals surface area contributed by atoms with E-state index in [1.807, 2.05) is 7.05 Å². The molecular weight excluding hydrogens is 239 g/mol. The van der Waals surface area contributed by atoms with E-state index >= 15 is 0 Å². The zero-order valence-corrected chi connectivity index (χ0v) is 10.8. The average Bonchev–Trinajstić information content (AvgIpc) is 2.29. The van der Waals surface area contributed by atoms with Gasteiger partial charge in [0.25, 0.3) is 0 Å². The van der Waals surface area contributed by atoms with Crippen LogP contribution in [0.3, 0.4) is 0 Å². The molecule has 1 unspecified atom stereocenters. The van der Waals surface area contributed by atoms with Crippen molar-refractivity contribution in [1.82, 2.24) is 5.32 Å². The Bertz CT molecular complexity index is 354.